The van der Waals surface area contributed by atoms with E-state index in [0.29, 0.717) is 18.1 Å². The van der Waals surface area contributed by atoms with E-state index in [0.717, 1.165) is 49.8 Å². The zero-order chi connectivity index (χ0) is 17.2. The summed E-state index contributed by atoms with van der Waals surface area (Å²) < 4.78 is 5.82. The summed E-state index contributed by atoms with van der Waals surface area (Å²) in [5.74, 6) is 0.571. The van der Waals surface area contributed by atoms with E-state index in [2.05, 4.69) is 44.2 Å². The van der Waals surface area contributed by atoms with Gasteiger partial charge in [0.1, 0.15) is 0 Å². The van der Waals surface area contributed by atoms with E-state index < -0.39 is 0 Å². The van der Waals surface area contributed by atoms with E-state index in [4.69, 9.17) is 4.74 Å². The fraction of sp³-hybridized carbons (Fsp3) is 0.579. The summed E-state index contributed by atoms with van der Waals surface area (Å²) in [6.45, 7) is 7.23. The van der Waals surface area contributed by atoms with Crippen molar-refractivity contribution < 1.29 is 4.74 Å². The second-order valence-electron chi connectivity index (χ2n) is 7.14. The van der Waals surface area contributed by atoms with Gasteiger partial charge in [0.25, 0.3) is 0 Å². The molecule has 2 aliphatic rings. The minimum atomic E-state index is 0.368. The third kappa shape index (κ3) is 3.77. The van der Waals surface area contributed by atoms with Crippen molar-refractivity contribution in [1.29, 1.82) is 0 Å². The Kier molecular flexibility index (Phi) is 5.12. The van der Waals surface area contributed by atoms with Crippen molar-refractivity contribution in [3.05, 3.63) is 46.2 Å². The van der Waals surface area contributed by atoms with Crippen LogP contribution < -0.4 is 0 Å². The number of methoxy groups -OCH3 is 1. The van der Waals surface area contributed by atoms with Crippen LogP contribution in [0.25, 0.3) is 0 Å². The topological polar surface area (TPSA) is 41.5 Å². The van der Waals surface area contributed by atoms with Gasteiger partial charge in [0.05, 0.1) is 22.5 Å². The maximum atomic E-state index is 5.82. The highest BCUT2D eigenvalue weighted by atomic mass is 32.1. The first-order valence-electron chi connectivity index (χ1n) is 9.03. The van der Waals surface area contributed by atoms with Gasteiger partial charge in [-0.05, 0) is 25.5 Å². The normalized spacial score (nSPS) is 27.5. The van der Waals surface area contributed by atoms with Crippen LogP contribution in [0.2, 0.25) is 0 Å². The number of nitrogens with zero attached hydrogens (tertiary/aromatic N) is 4. The van der Waals surface area contributed by atoms with Crippen LogP contribution in [-0.2, 0) is 17.8 Å². The molecule has 25 heavy (non-hydrogen) atoms. The van der Waals surface area contributed by atoms with E-state index in [1.807, 2.05) is 19.4 Å². The molecule has 134 valence electrons. The van der Waals surface area contributed by atoms with Gasteiger partial charge >= 0.3 is 0 Å². The molecule has 0 unspecified atom stereocenters. The highest BCUT2D eigenvalue weighted by Gasteiger charge is 2.44. The van der Waals surface area contributed by atoms with E-state index in [1.54, 1.807) is 11.3 Å². The minimum Gasteiger partial charge on any atom is -0.381 e. The number of likely N-dealkylation sites (tertiary alicyclic amines) is 2. The summed E-state index contributed by atoms with van der Waals surface area (Å²) >= 11 is 1.74. The number of hydrogen-bond donors (Lipinski definition) is 0. The molecular weight excluding hydrogens is 332 g/mol. The number of ether oxygens (including phenoxy) is 1. The summed E-state index contributed by atoms with van der Waals surface area (Å²) in [7, 11) is 1.86. The Balaban J connectivity index is 1.47. The van der Waals surface area contributed by atoms with Crippen molar-refractivity contribution in [3.8, 4) is 0 Å². The smallest absolute Gasteiger partial charge is 0.0897 e. The molecule has 0 aromatic carbocycles. The fourth-order valence-electron chi connectivity index (χ4n) is 4.35. The lowest BCUT2D eigenvalue weighted by Crippen LogP contribution is -2.50. The Bertz CT molecular complexity index is 692. The van der Waals surface area contributed by atoms with E-state index in [9.17, 15) is 0 Å². The lowest BCUT2D eigenvalue weighted by molar-refractivity contribution is -0.0248. The standard InChI is InChI=1S/C19H26N4OS/c1-14-21-16(13-25-14)9-22-11-17-18(12-22)23(8-6-19(17)24-2)10-15-5-3-4-7-20-15/h3-5,7,13,17-19H,6,8-12H2,1-2H3/t17-,18+,19-/m0/s1. The maximum Gasteiger partial charge on any atom is 0.0897 e. The minimum absolute atomic E-state index is 0.368. The molecule has 2 fully saturated rings. The molecule has 5 nitrogen and oxygen atoms in total. The molecule has 2 saturated heterocycles. The van der Waals surface area contributed by atoms with Crippen molar-refractivity contribution in [2.45, 2.75) is 38.6 Å². The number of fused-ring (bicyclic) bond motifs is 1. The first-order valence-corrected chi connectivity index (χ1v) is 9.91. The fourth-order valence-corrected chi connectivity index (χ4v) is 4.95. The first kappa shape index (κ1) is 17.1. The van der Waals surface area contributed by atoms with Crippen molar-refractivity contribution in [3.63, 3.8) is 0 Å². The number of piperidine rings is 1. The van der Waals surface area contributed by atoms with Crippen LogP contribution in [0.4, 0.5) is 0 Å². The zero-order valence-electron chi connectivity index (χ0n) is 15.0. The highest BCUT2D eigenvalue weighted by molar-refractivity contribution is 7.09. The van der Waals surface area contributed by atoms with Gasteiger partial charge in [-0.3, -0.25) is 14.8 Å². The van der Waals surface area contributed by atoms with Crippen LogP contribution in [0.1, 0.15) is 22.8 Å². The summed E-state index contributed by atoms with van der Waals surface area (Å²) in [5.41, 5.74) is 2.36. The molecule has 0 aliphatic carbocycles. The van der Waals surface area contributed by atoms with Crippen LogP contribution in [-0.4, -0.2) is 58.7 Å². The number of hydrogen-bond acceptors (Lipinski definition) is 6. The van der Waals surface area contributed by atoms with Crippen LogP contribution in [0.15, 0.2) is 29.8 Å². The highest BCUT2D eigenvalue weighted by Crippen LogP contribution is 2.34. The molecule has 6 heteroatoms. The van der Waals surface area contributed by atoms with Gasteiger partial charge in [-0.15, -0.1) is 11.3 Å². The number of aromatic nitrogens is 2. The number of pyridine rings is 1. The third-order valence-corrected chi connectivity index (χ3v) is 6.32. The summed E-state index contributed by atoms with van der Waals surface area (Å²) in [5, 5.41) is 3.34. The molecule has 4 rings (SSSR count). The molecule has 2 aromatic rings. The van der Waals surface area contributed by atoms with Gasteiger partial charge in [0, 0.05) is 63.4 Å². The lowest BCUT2D eigenvalue weighted by Gasteiger charge is -2.41. The third-order valence-electron chi connectivity index (χ3n) is 5.50. The molecule has 0 amide bonds. The molecule has 3 atom stereocenters. The van der Waals surface area contributed by atoms with Crippen LogP contribution >= 0.6 is 11.3 Å². The monoisotopic (exact) mass is 358 g/mol. The SMILES string of the molecule is CO[C@H]1CCN(Cc2ccccn2)[C@@H]2CN(Cc3csc(C)n3)C[C@H]12. The molecule has 2 aromatic heterocycles. The molecule has 2 aliphatic heterocycles. The van der Waals surface area contributed by atoms with Crippen LogP contribution in [0.5, 0.6) is 0 Å². The average Bonchev–Trinajstić information content (AvgIpc) is 3.23. The molecular formula is C19H26N4OS. The Morgan fingerprint density at radius 1 is 1.24 bits per heavy atom. The molecule has 0 saturated carbocycles. The molecule has 0 radical (unpaired) electrons. The zero-order valence-corrected chi connectivity index (χ0v) is 15.8. The lowest BCUT2D eigenvalue weighted by atomic mass is 9.89. The predicted molar refractivity (Wildman–Crippen MR) is 99.5 cm³/mol. The van der Waals surface area contributed by atoms with Crippen molar-refractivity contribution in [2.24, 2.45) is 5.92 Å². The Labute approximate surface area is 153 Å². The Morgan fingerprint density at radius 3 is 2.88 bits per heavy atom. The molecule has 0 bridgehead atoms. The predicted octanol–water partition coefficient (Wildman–Crippen LogP) is 2.57. The molecule has 4 heterocycles. The number of aryl methyl sites for hydroxylation is 1. The maximum absolute atomic E-state index is 5.82. The van der Waals surface area contributed by atoms with Crippen LogP contribution in [0, 0.1) is 12.8 Å². The Morgan fingerprint density at radius 2 is 2.16 bits per heavy atom. The van der Waals surface area contributed by atoms with Gasteiger partial charge in [-0.25, -0.2) is 4.98 Å². The number of thiazole rings is 1. The van der Waals surface area contributed by atoms with E-state index >= 15 is 0 Å². The second kappa shape index (κ2) is 7.50. The molecule has 0 spiro atoms. The largest absolute Gasteiger partial charge is 0.381 e. The van der Waals surface area contributed by atoms with Crippen molar-refractivity contribution in [1.82, 2.24) is 19.8 Å². The van der Waals surface area contributed by atoms with Crippen LogP contribution in [0.3, 0.4) is 0 Å². The van der Waals surface area contributed by atoms with E-state index in [1.165, 1.54) is 5.69 Å². The summed E-state index contributed by atoms with van der Waals surface area (Å²) in [4.78, 5) is 14.3. The van der Waals surface area contributed by atoms with Gasteiger partial charge in [0.15, 0.2) is 0 Å². The van der Waals surface area contributed by atoms with Gasteiger partial charge in [-0.1, -0.05) is 6.07 Å². The summed E-state index contributed by atoms with van der Waals surface area (Å²) in [6.07, 6.45) is 3.36. The van der Waals surface area contributed by atoms with Crippen molar-refractivity contribution >= 4 is 11.3 Å². The van der Waals surface area contributed by atoms with Gasteiger partial charge < -0.3 is 4.74 Å². The second-order valence-corrected chi connectivity index (χ2v) is 8.20. The summed E-state index contributed by atoms with van der Waals surface area (Å²) in [6, 6.07) is 6.73. The first-order chi connectivity index (χ1) is 12.2. The van der Waals surface area contributed by atoms with Gasteiger partial charge in [0.2, 0.25) is 0 Å². The number of rotatable bonds is 5. The van der Waals surface area contributed by atoms with E-state index in [-0.39, 0.29) is 0 Å². The average molecular weight is 359 g/mol. The Hall–Kier alpha value is -1.34. The van der Waals surface area contributed by atoms with Gasteiger partial charge in [-0.2, -0.15) is 0 Å². The van der Waals surface area contributed by atoms with Crippen molar-refractivity contribution in [2.75, 3.05) is 26.7 Å². The quantitative estimate of drug-likeness (QED) is 0.822. The molecule has 0 N–H and O–H groups in total.